The predicted octanol–water partition coefficient (Wildman–Crippen LogP) is 18.8. The minimum absolute atomic E-state index is 0.0520. The summed E-state index contributed by atoms with van der Waals surface area (Å²) < 4.78 is 0. The lowest BCUT2D eigenvalue weighted by Crippen LogP contribution is -2.16. The molecule has 0 heteroatoms. The first-order chi connectivity index (χ1) is 35.0. The number of aryl methyl sites for hydroxylation is 6. The van der Waals surface area contributed by atoms with Crippen LogP contribution in [0, 0.1) is 13.8 Å². The van der Waals surface area contributed by atoms with E-state index in [4.69, 9.17) is 0 Å². The highest BCUT2D eigenvalue weighted by Crippen LogP contribution is 2.52. The van der Waals surface area contributed by atoms with Crippen LogP contribution in [0.2, 0.25) is 0 Å². The molecule has 72 heavy (non-hydrogen) atoms. The first-order valence-corrected chi connectivity index (χ1v) is 26.0. The van der Waals surface area contributed by atoms with Crippen molar-refractivity contribution >= 4 is 0 Å². The van der Waals surface area contributed by atoms with Crippen molar-refractivity contribution in [2.24, 2.45) is 0 Å². The molecule has 0 amide bonds. The van der Waals surface area contributed by atoms with Crippen molar-refractivity contribution < 1.29 is 0 Å². The molecule has 10 aromatic rings. The number of fused-ring (bicyclic) bond motifs is 9. The second-order valence-corrected chi connectivity index (χ2v) is 21.3. The molecule has 13 rings (SSSR count). The topological polar surface area (TPSA) is 0 Å². The van der Waals surface area contributed by atoms with E-state index in [9.17, 15) is 0 Å². The van der Waals surface area contributed by atoms with Gasteiger partial charge in [0.25, 0.3) is 0 Å². The summed E-state index contributed by atoms with van der Waals surface area (Å²) in [5.41, 5.74) is 30.6. The molecule has 0 N–H and O–H groups in total. The maximum atomic E-state index is 2.52. The normalized spacial score (nSPS) is 13.6. The maximum Gasteiger partial charge on any atom is 0.0158 e. The van der Waals surface area contributed by atoms with Crippen molar-refractivity contribution in [1.82, 2.24) is 0 Å². The van der Waals surface area contributed by atoms with Gasteiger partial charge in [-0.25, -0.2) is 0 Å². The summed E-state index contributed by atoms with van der Waals surface area (Å²) in [4.78, 5) is 0. The Balaban J connectivity index is 0.000000156. The van der Waals surface area contributed by atoms with Gasteiger partial charge < -0.3 is 0 Å². The van der Waals surface area contributed by atoms with Gasteiger partial charge in [0.15, 0.2) is 0 Å². The highest BCUT2D eigenvalue weighted by Gasteiger charge is 2.37. The Labute approximate surface area is 428 Å². The largest absolute Gasteiger partial charge is 0.0622 e. The van der Waals surface area contributed by atoms with Crippen LogP contribution in [-0.2, 0) is 36.5 Å². The molecule has 0 spiro atoms. The Kier molecular flexibility index (Phi) is 12.6. The number of rotatable bonds is 6. The van der Waals surface area contributed by atoms with Crippen molar-refractivity contribution in [3.8, 4) is 66.8 Å². The number of hydrogen-bond donors (Lipinski definition) is 0. The second kappa shape index (κ2) is 19.4. The average molecular weight is 929 g/mol. The summed E-state index contributed by atoms with van der Waals surface area (Å²) in [6.07, 6.45) is 4.32. The van der Waals surface area contributed by atoms with Crippen LogP contribution >= 0.6 is 0 Å². The zero-order valence-corrected chi connectivity index (χ0v) is 42.8. The number of benzene rings is 10. The molecule has 0 aliphatic heterocycles. The smallest absolute Gasteiger partial charge is 0.0158 e. The Morgan fingerprint density at radius 1 is 0.278 bits per heavy atom. The van der Waals surface area contributed by atoms with Gasteiger partial charge in [-0.3, -0.25) is 0 Å². The van der Waals surface area contributed by atoms with Crippen molar-refractivity contribution in [1.29, 1.82) is 0 Å². The van der Waals surface area contributed by atoms with E-state index in [1.807, 2.05) is 6.07 Å². The van der Waals surface area contributed by atoms with Crippen LogP contribution in [0.15, 0.2) is 231 Å². The second-order valence-electron chi connectivity index (χ2n) is 21.3. The quantitative estimate of drug-likeness (QED) is 0.156. The van der Waals surface area contributed by atoms with Gasteiger partial charge in [0.2, 0.25) is 0 Å². The molecule has 10 aromatic carbocycles. The molecule has 3 aliphatic rings. The SMILES string of the molecule is CC1(C)c2ccccc2-c2cc3c(cc21)CCc1ccc(-c2ccc(CCc4ccc(-c5ccccc5)cc4)cc2)cc1-3.Cc1ccc(-c2ccccc2)cc1.Cc1ccc2c(c1)C(C)(C)c1ccccc1-2. The third-order valence-electron chi connectivity index (χ3n) is 15.8. The molecule has 0 saturated carbocycles. The zero-order valence-electron chi connectivity index (χ0n) is 42.8. The third-order valence-corrected chi connectivity index (χ3v) is 15.8. The molecule has 0 radical (unpaired) electrons. The summed E-state index contributed by atoms with van der Waals surface area (Å²) in [6, 6.07) is 84.6. The van der Waals surface area contributed by atoms with Gasteiger partial charge in [0.05, 0.1) is 0 Å². The van der Waals surface area contributed by atoms with Gasteiger partial charge in [-0.1, -0.05) is 257 Å². The Hall–Kier alpha value is -7.80. The monoisotopic (exact) mass is 929 g/mol. The fraction of sp³-hybridized carbons (Fsp3) is 0.167. The lowest BCUT2D eigenvalue weighted by Gasteiger charge is -2.26. The zero-order chi connectivity index (χ0) is 49.4. The minimum Gasteiger partial charge on any atom is -0.0622 e. The standard InChI is InChI=1S/C43H36.C16H16.C13H12/c1-43(2)41-11-7-6-10-37(41)40-28-39-36(27-42(40)43)25-23-34-22-24-35(26-38(34)39)33-20-16-30(17-21-33)13-12-29-14-18-32(19-15-29)31-8-4-3-5-9-31;1-11-8-9-13-12-6-4-5-7-14(12)16(2,3)15(13)10-11;1-11-7-9-13(10-8-11)12-5-3-2-4-6-12/h3-11,14-22,24,26-28H,12-13,23,25H2,1-2H3;4-10H,1-3H3;2-10H,1H3. The van der Waals surface area contributed by atoms with Crippen LogP contribution in [-0.4, -0.2) is 0 Å². The maximum absolute atomic E-state index is 2.52. The van der Waals surface area contributed by atoms with Crippen LogP contribution in [0.5, 0.6) is 0 Å². The van der Waals surface area contributed by atoms with Crippen LogP contribution in [0.25, 0.3) is 66.8 Å². The van der Waals surface area contributed by atoms with Gasteiger partial charge >= 0.3 is 0 Å². The summed E-state index contributed by atoms with van der Waals surface area (Å²) in [7, 11) is 0. The summed E-state index contributed by atoms with van der Waals surface area (Å²) in [6.45, 7) is 13.7. The van der Waals surface area contributed by atoms with E-state index >= 15 is 0 Å². The van der Waals surface area contributed by atoms with Gasteiger partial charge in [-0.15, -0.1) is 0 Å². The molecule has 0 bridgehead atoms. The predicted molar refractivity (Wildman–Crippen MR) is 307 cm³/mol. The molecule has 0 saturated heterocycles. The van der Waals surface area contributed by atoms with E-state index < -0.39 is 0 Å². The van der Waals surface area contributed by atoms with Crippen LogP contribution < -0.4 is 0 Å². The number of hydrogen-bond acceptors (Lipinski definition) is 0. The highest BCUT2D eigenvalue weighted by atomic mass is 14.4. The van der Waals surface area contributed by atoms with Crippen molar-refractivity contribution in [3.63, 3.8) is 0 Å². The lowest BCUT2D eigenvalue weighted by atomic mass is 9.78. The van der Waals surface area contributed by atoms with Crippen molar-refractivity contribution in [2.45, 2.75) is 78.1 Å². The van der Waals surface area contributed by atoms with Crippen LogP contribution in [0.4, 0.5) is 0 Å². The molecular formula is C72H64. The molecule has 0 atom stereocenters. The van der Waals surface area contributed by atoms with Crippen molar-refractivity contribution in [3.05, 3.63) is 286 Å². The fourth-order valence-corrected chi connectivity index (χ4v) is 11.6. The highest BCUT2D eigenvalue weighted by molar-refractivity contribution is 5.88. The molecular weight excluding hydrogens is 865 g/mol. The van der Waals surface area contributed by atoms with Crippen LogP contribution in [0.1, 0.15) is 83.3 Å². The van der Waals surface area contributed by atoms with E-state index in [1.54, 1.807) is 0 Å². The molecule has 0 nitrogen and oxygen atoms in total. The van der Waals surface area contributed by atoms with E-state index in [0.29, 0.717) is 0 Å². The molecule has 3 aliphatic carbocycles. The fourth-order valence-electron chi connectivity index (χ4n) is 11.6. The summed E-state index contributed by atoms with van der Waals surface area (Å²) in [5.74, 6) is 0. The molecule has 0 heterocycles. The first kappa shape index (κ1) is 46.6. The summed E-state index contributed by atoms with van der Waals surface area (Å²) >= 11 is 0. The van der Waals surface area contributed by atoms with Gasteiger partial charge in [-0.05, 0) is 163 Å². The molecule has 0 fully saturated rings. The van der Waals surface area contributed by atoms with E-state index in [1.165, 1.54) is 122 Å². The Morgan fingerprint density at radius 2 is 0.681 bits per heavy atom. The van der Waals surface area contributed by atoms with Gasteiger partial charge in [-0.2, -0.15) is 0 Å². The minimum atomic E-state index is 0.0520. The Morgan fingerprint density at radius 3 is 1.25 bits per heavy atom. The summed E-state index contributed by atoms with van der Waals surface area (Å²) in [5, 5.41) is 0. The van der Waals surface area contributed by atoms with Crippen LogP contribution in [0.3, 0.4) is 0 Å². The van der Waals surface area contributed by atoms with Gasteiger partial charge in [0.1, 0.15) is 0 Å². The van der Waals surface area contributed by atoms with Crippen molar-refractivity contribution in [2.75, 3.05) is 0 Å². The third kappa shape index (κ3) is 9.08. The van der Waals surface area contributed by atoms with E-state index in [0.717, 1.165) is 25.7 Å². The average Bonchev–Trinajstić information content (AvgIpc) is 3.79. The first-order valence-electron chi connectivity index (χ1n) is 26.0. The van der Waals surface area contributed by atoms with E-state index in [-0.39, 0.29) is 10.8 Å². The molecule has 352 valence electrons. The molecule has 0 unspecified atom stereocenters. The Bertz CT molecular complexity index is 3530. The van der Waals surface area contributed by atoms with Gasteiger partial charge in [0, 0.05) is 10.8 Å². The molecule has 0 aromatic heterocycles. The lowest BCUT2D eigenvalue weighted by molar-refractivity contribution is 0.659. The van der Waals surface area contributed by atoms with E-state index in [2.05, 4.69) is 266 Å².